The Bertz CT molecular complexity index is 2360. The van der Waals surface area contributed by atoms with Gasteiger partial charge >= 0.3 is 6.18 Å². The first-order valence-electron chi connectivity index (χ1n) is 18.2. The number of pyridine rings is 1. The molecule has 58 heavy (non-hydrogen) atoms. The number of halogens is 6. The van der Waals surface area contributed by atoms with Gasteiger partial charge in [0.25, 0.3) is 23.6 Å². The second-order valence-corrected chi connectivity index (χ2v) is 15.3. The molecule has 17 heteroatoms. The summed E-state index contributed by atoms with van der Waals surface area (Å²) in [6.45, 7) is -0.448. The fourth-order valence-electron chi connectivity index (χ4n) is 9.20. The van der Waals surface area contributed by atoms with Crippen LogP contribution in [0, 0.1) is 29.5 Å². The molecule has 0 spiro atoms. The minimum atomic E-state index is -4.85. The maximum absolute atomic E-state index is 15.4. The van der Waals surface area contributed by atoms with Gasteiger partial charge in [0.15, 0.2) is 5.82 Å². The number of hydrogen-bond donors (Lipinski definition) is 2. The minimum absolute atomic E-state index is 0.00632. The third-order valence-electron chi connectivity index (χ3n) is 11.5. The third kappa shape index (κ3) is 6.18. The van der Waals surface area contributed by atoms with Gasteiger partial charge in [-0.15, -0.1) is 0 Å². The first-order chi connectivity index (χ1) is 27.7. The minimum Gasteiger partial charge on any atom is -0.491 e. The van der Waals surface area contributed by atoms with Crippen molar-refractivity contribution in [1.29, 1.82) is 0 Å². The lowest BCUT2D eigenvalue weighted by molar-refractivity contribution is -0.142. The lowest BCUT2D eigenvalue weighted by Crippen LogP contribution is -2.53. The van der Waals surface area contributed by atoms with Gasteiger partial charge in [0.05, 0.1) is 40.5 Å². The summed E-state index contributed by atoms with van der Waals surface area (Å²) in [5.74, 6) is -8.61. The normalized spacial score (nSPS) is 25.3. The van der Waals surface area contributed by atoms with Crippen molar-refractivity contribution in [3.05, 3.63) is 129 Å². The summed E-state index contributed by atoms with van der Waals surface area (Å²) in [5, 5.41) is 12.4. The number of carbonyl (C=O) groups is 4. The Morgan fingerprint density at radius 3 is 2.33 bits per heavy atom. The van der Waals surface area contributed by atoms with Crippen LogP contribution in [0.4, 0.5) is 29.1 Å². The van der Waals surface area contributed by atoms with E-state index < -0.39 is 82.1 Å². The number of hydrazine groups is 2. The van der Waals surface area contributed by atoms with E-state index >= 15 is 4.79 Å². The van der Waals surface area contributed by atoms with Gasteiger partial charge in [0.2, 0.25) is 0 Å². The number of hydrogen-bond acceptors (Lipinski definition) is 9. The molecule has 2 N–H and O–H groups in total. The second-order valence-electron chi connectivity index (χ2n) is 14.5. The number of rotatable bonds is 9. The highest BCUT2D eigenvalue weighted by atomic mass is 35.5. The number of carbonyl (C=O) groups excluding carboxylic acids is 4. The summed E-state index contributed by atoms with van der Waals surface area (Å²) in [6.07, 6.45) is -3.14. The van der Waals surface area contributed by atoms with E-state index in [9.17, 15) is 37.1 Å². The molecule has 4 aliphatic rings. The van der Waals surface area contributed by atoms with Crippen molar-refractivity contribution in [3.63, 3.8) is 0 Å². The SMILES string of the molecule is CN(c1nc(C(F)(F)F)ccc1Cl)N1C(=O)[C@H]2[C@H](CC=C3[C@H]2C[C@H]2C(=O)N(Nc4ccc(F)cc4)C(=O)[C@@]2(c2ccc(Cl)cc2)[C@H]3c2ccccc2OCCO)C1=O. The molecule has 8 rings (SSSR count). The number of benzene rings is 3. The van der Waals surface area contributed by atoms with Crippen molar-refractivity contribution in [2.75, 3.05) is 30.7 Å². The lowest BCUT2D eigenvalue weighted by Gasteiger charge is -2.50. The maximum Gasteiger partial charge on any atom is 0.433 e. The molecular weight excluding hydrogens is 805 g/mol. The molecule has 1 aromatic heterocycles. The zero-order valence-corrected chi connectivity index (χ0v) is 31.9. The largest absolute Gasteiger partial charge is 0.491 e. The number of amides is 4. The number of nitrogens with one attached hydrogen (secondary N) is 1. The molecule has 0 bridgehead atoms. The van der Waals surface area contributed by atoms with Crippen LogP contribution >= 0.6 is 23.2 Å². The lowest BCUT2D eigenvalue weighted by atomic mass is 9.49. The average molecular weight is 839 g/mol. The number of para-hydroxylation sites is 1. The zero-order chi connectivity index (χ0) is 41.3. The monoisotopic (exact) mass is 837 g/mol. The van der Waals surface area contributed by atoms with Gasteiger partial charge < -0.3 is 9.84 Å². The maximum atomic E-state index is 15.4. The molecule has 3 fully saturated rings. The number of aliphatic hydroxyl groups is 1. The molecule has 0 unspecified atom stereocenters. The Hall–Kier alpha value is -5.51. The van der Waals surface area contributed by atoms with Crippen molar-refractivity contribution in [2.24, 2.45) is 23.7 Å². The summed E-state index contributed by atoms with van der Waals surface area (Å²) in [7, 11) is 1.22. The second kappa shape index (κ2) is 14.7. The summed E-state index contributed by atoms with van der Waals surface area (Å²) in [5.41, 5.74) is 1.58. The topological polar surface area (TPSA) is 132 Å². The predicted molar refractivity (Wildman–Crippen MR) is 203 cm³/mol. The highest BCUT2D eigenvalue weighted by Crippen LogP contribution is 2.65. The molecular formula is C41H33Cl2F4N5O6. The number of aliphatic hydroxyl groups excluding tert-OH is 1. The van der Waals surface area contributed by atoms with Gasteiger partial charge in [-0.2, -0.15) is 23.2 Å². The molecule has 2 saturated heterocycles. The Morgan fingerprint density at radius 1 is 0.931 bits per heavy atom. The van der Waals surface area contributed by atoms with Crippen LogP contribution in [0.5, 0.6) is 5.75 Å². The number of imide groups is 2. The van der Waals surface area contributed by atoms with Crippen LogP contribution in [0.15, 0.2) is 96.6 Å². The molecule has 0 radical (unpaired) electrons. The average Bonchev–Trinajstić information content (AvgIpc) is 3.58. The van der Waals surface area contributed by atoms with E-state index in [0.29, 0.717) is 33.5 Å². The predicted octanol–water partition coefficient (Wildman–Crippen LogP) is 6.95. The van der Waals surface area contributed by atoms with Crippen LogP contribution in [-0.2, 0) is 30.8 Å². The molecule has 11 nitrogen and oxygen atoms in total. The van der Waals surface area contributed by atoms with E-state index in [2.05, 4.69) is 10.4 Å². The summed E-state index contributed by atoms with van der Waals surface area (Å²) in [4.78, 5) is 62.8. The molecule has 3 aromatic carbocycles. The van der Waals surface area contributed by atoms with E-state index in [0.717, 1.165) is 21.1 Å². The van der Waals surface area contributed by atoms with Crippen molar-refractivity contribution < 1.29 is 46.6 Å². The summed E-state index contributed by atoms with van der Waals surface area (Å²) >= 11 is 12.7. The van der Waals surface area contributed by atoms with Gasteiger partial charge in [-0.3, -0.25) is 29.6 Å². The smallest absolute Gasteiger partial charge is 0.433 e. The number of alkyl halides is 3. The molecule has 300 valence electrons. The molecule has 4 amide bonds. The van der Waals surface area contributed by atoms with Crippen molar-refractivity contribution in [2.45, 2.75) is 30.4 Å². The summed E-state index contributed by atoms with van der Waals surface area (Å²) < 4.78 is 61.1. The van der Waals surface area contributed by atoms with Crippen LogP contribution in [0.1, 0.15) is 35.6 Å². The van der Waals surface area contributed by atoms with Gasteiger partial charge in [-0.1, -0.05) is 65.2 Å². The van der Waals surface area contributed by atoms with Crippen molar-refractivity contribution >= 4 is 58.3 Å². The van der Waals surface area contributed by atoms with Gasteiger partial charge in [0, 0.05) is 23.6 Å². The van der Waals surface area contributed by atoms with Crippen molar-refractivity contribution in [3.8, 4) is 5.75 Å². The van der Waals surface area contributed by atoms with Crippen LogP contribution in [0.25, 0.3) is 0 Å². The standard InChI is InChI=1S/C41H33Cl2F4N5O6/c1-50(35-30(43)16-17-32(48-35)41(45,46)47)52-36(54)27-15-14-25-28(33(27)38(52)56)20-29-37(55)51(49-24-12-10-23(44)11-13-24)39(57)40(29,21-6-8-22(42)9-7-21)34(25)26-4-2-3-5-31(26)58-19-18-53/h2-14,16-17,27-29,33-34,49,53H,15,18-20H2,1H3/t27-,28+,29-,33-,34+,40+/m0/s1. The number of aromatic nitrogens is 1. The zero-order valence-electron chi connectivity index (χ0n) is 30.4. The fraction of sp³-hybridized carbons (Fsp3) is 0.293. The molecule has 1 saturated carbocycles. The van der Waals surface area contributed by atoms with E-state index in [-0.39, 0.29) is 36.8 Å². The van der Waals surface area contributed by atoms with Crippen LogP contribution in [-0.4, -0.2) is 64.0 Å². The van der Waals surface area contributed by atoms with Crippen LogP contribution in [0.3, 0.4) is 0 Å². The van der Waals surface area contributed by atoms with Crippen molar-refractivity contribution in [1.82, 2.24) is 15.0 Å². The molecule has 3 heterocycles. The van der Waals surface area contributed by atoms with Crippen LogP contribution < -0.4 is 15.2 Å². The number of allylic oxidation sites excluding steroid dienone is 2. The number of fused-ring (bicyclic) bond motifs is 4. The highest BCUT2D eigenvalue weighted by molar-refractivity contribution is 6.33. The van der Waals surface area contributed by atoms with E-state index in [1.807, 2.05) is 0 Å². The Balaban J connectivity index is 1.29. The molecule has 2 aliphatic carbocycles. The Kier molecular flexibility index (Phi) is 9.97. The number of ether oxygens (including phenoxy) is 1. The number of nitrogens with zero attached hydrogens (tertiary/aromatic N) is 4. The third-order valence-corrected chi connectivity index (χ3v) is 12.1. The Morgan fingerprint density at radius 2 is 1.64 bits per heavy atom. The summed E-state index contributed by atoms with van der Waals surface area (Å²) in [6, 6.07) is 20.1. The molecule has 4 aromatic rings. The van der Waals surface area contributed by atoms with Gasteiger partial charge in [0.1, 0.15) is 23.9 Å². The van der Waals surface area contributed by atoms with Gasteiger partial charge in [-0.25, -0.2) is 9.37 Å². The van der Waals surface area contributed by atoms with Gasteiger partial charge in [-0.05, 0) is 78.9 Å². The molecule has 6 atom stereocenters. The quantitative estimate of drug-likeness (QED) is 0.104. The first kappa shape index (κ1) is 39.3. The fourth-order valence-corrected chi connectivity index (χ4v) is 9.55. The van der Waals surface area contributed by atoms with E-state index in [1.54, 1.807) is 54.6 Å². The molecule has 2 aliphatic heterocycles. The first-order valence-corrected chi connectivity index (χ1v) is 19.0. The Labute approximate surface area is 338 Å². The number of anilines is 2. The van der Waals surface area contributed by atoms with Crippen LogP contribution in [0.2, 0.25) is 10.0 Å². The van der Waals surface area contributed by atoms with E-state index in [1.165, 1.54) is 31.3 Å². The van der Waals surface area contributed by atoms with E-state index in [4.69, 9.17) is 27.9 Å². The highest BCUT2D eigenvalue weighted by Gasteiger charge is 2.71.